The van der Waals surface area contributed by atoms with Crippen LogP contribution in [-0.2, 0) is 9.53 Å². The Kier molecular flexibility index (Phi) is 2.14. The number of ketones is 1. The van der Waals surface area contributed by atoms with E-state index in [9.17, 15) is 4.79 Å². The van der Waals surface area contributed by atoms with Gasteiger partial charge in [-0.15, -0.1) is 0 Å². The molecule has 0 amide bonds. The third-order valence-corrected chi connectivity index (χ3v) is 5.00. The second kappa shape index (κ2) is 3.19. The number of carbonyl (C=O) groups excluding carboxylic acids is 1. The van der Waals surface area contributed by atoms with Gasteiger partial charge in [-0.3, -0.25) is 4.79 Å². The number of hydrogen-bond acceptors (Lipinski definition) is 4. The van der Waals surface area contributed by atoms with Crippen molar-refractivity contribution >= 4 is 5.78 Å². The van der Waals surface area contributed by atoms with E-state index in [-0.39, 0.29) is 17.9 Å². The molecule has 2 unspecified atom stereocenters. The maximum atomic E-state index is 11.8. The summed E-state index contributed by atoms with van der Waals surface area (Å²) in [6.07, 6.45) is 2.72. The van der Waals surface area contributed by atoms with E-state index in [0.29, 0.717) is 12.3 Å². The lowest BCUT2D eigenvalue weighted by atomic mass is 9.59. The Morgan fingerprint density at radius 2 is 2.29 bits per heavy atom. The molecule has 4 heteroatoms. The smallest absolute Gasteiger partial charge is 0.166 e. The summed E-state index contributed by atoms with van der Waals surface area (Å²) >= 11 is 0. The fourth-order valence-electron chi connectivity index (χ4n) is 3.74. The zero-order valence-electron chi connectivity index (χ0n) is 10.2. The topological polar surface area (TPSA) is 81.6 Å². The molecule has 0 radical (unpaired) electrons. The average molecular weight is 236 g/mol. The quantitative estimate of drug-likeness (QED) is 0.513. The molecule has 1 spiro atoms. The van der Waals surface area contributed by atoms with Gasteiger partial charge >= 0.3 is 0 Å². The maximum Gasteiger partial charge on any atom is 0.166 e. The Morgan fingerprint density at radius 1 is 1.59 bits per heavy atom. The predicted octanol–water partition coefficient (Wildman–Crippen LogP) is 0.498. The third kappa shape index (κ3) is 1.26. The normalized spacial score (nSPS) is 52.6. The van der Waals surface area contributed by atoms with E-state index < -0.39 is 11.1 Å². The summed E-state index contributed by atoms with van der Waals surface area (Å²) in [4.78, 5) is 11.8. The van der Waals surface area contributed by atoms with Crippen molar-refractivity contribution in [2.45, 2.75) is 55.9 Å². The number of ether oxygens (including phenoxy) is 1. The van der Waals surface area contributed by atoms with Gasteiger partial charge in [-0.25, -0.2) is 0 Å². The predicted molar refractivity (Wildman–Crippen MR) is 64.3 cm³/mol. The van der Waals surface area contributed by atoms with E-state index in [0.717, 1.165) is 24.8 Å². The van der Waals surface area contributed by atoms with Gasteiger partial charge in [-0.2, -0.15) is 0 Å². The lowest BCUT2D eigenvalue weighted by molar-refractivity contribution is -0.122. The van der Waals surface area contributed by atoms with Gasteiger partial charge in [0, 0.05) is 12.5 Å². The molecule has 1 aliphatic heterocycles. The highest BCUT2D eigenvalue weighted by Gasteiger charge is 2.75. The van der Waals surface area contributed by atoms with Gasteiger partial charge in [0.1, 0.15) is 11.7 Å². The summed E-state index contributed by atoms with van der Waals surface area (Å²) in [5.74, 6) is 0.544. The SMILES string of the molecule is C=C(C)[C@@H]1CCC23OC2C(=O)C[C@@H](N)[C@]3(N)C1. The molecule has 0 bridgehead atoms. The first-order valence-electron chi connectivity index (χ1n) is 6.31. The fraction of sp³-hybridized carbons (Fsp3) is 0.769. The molecule has 2 aliphatic carbocycles. The van der Waals surface area contributed by atoms with Crippen LogP contribution in [0.25, 0.3) is 0 Å². The number of epoxide rings is 1. The lowest BCUT2D eigenvalue weighted by Crippen LogP contribution is -2.71. The second-order valence-corrected chi connectivity index (χ2v) is 5.99. The van der Waals surface area contributed by atoms with Gasteiger partial charge in [-0.05, 0) is 32.1 Å². The number of carbonyl (C=O) groups is 1. The Balaban J connectivity index is 1.93. The summed E-state index contributed by atoms with van der Waals surface area (Å²) in [5, 5.41) is 0. The molecule has 4 nitrogen and oxygen atoms in total. The van der Waals surface area contributed by atoms with Crippen LogP contribution in [0.4, 0.5) is 0 Å². The minimum atomic E-state index is -0.548. The maximum absolute atomic E-state index is 11.8. The van der Waals surface area contributed by atoms with Crippen LogP contribution in [0, 0.1) is 5.92 Å². The highest BCUT2D eigenvalue weighted by atomic mass is 16.6. The molecule has 1 heterocycles. The fourth-order valence-corrected chi connectivity index (χ4v) is 3.74. The first kappa shape index (κ1) is 11.4. The third-order valence-electron chi connectivity index (χ3n) is 5.00. The zero-order chi connectivity index (χ0) is 12.4. The van der Waals surface area contributed by atoms with Crippen LogP contribution >= 0.6 is 0 Å². The first-order chi connectivity index (χ1) is 7.91. The largest absolute Gasteiger partial charge is 0.356 e. The molecule has 3 rings (SSSR count). The van der Waals surface area contributed by atoms with Crippen molar-refractivity contribution in [3.63, 3.8) is 0 Å². The van der Waals surface area contributed by atoms with Crippen molar-refractivity contribution in [2.24, 2.45) is 17.4 Å². The van der Waals surface area contributed by atoms with Gasteiger partial charge in [0.05, 0.1) is 5.54 Å². The molecular formula is C13H20N2O2. The number of Topliss-reactive ketones (excluding diaryl/α,β-unsaturated/α-hetero) is 1. The molecular weight excluding hydrogens is 216 g/mol. The summed E-state index contributed by atoms with van der Waals surface area (Å²) in [6, 6.07) is -0.282. The van der Waals surface area contributed by atoms with E-state index in [1.54, 1.807) is 0 Å². The minimum absolute atomic E-state index is 0.132. The summed E-state index contributed by atoms with van der Waals surface area (Å²) in [7, 11) is 0. The molecule has 94 valence electrons. The Morgan fingerprint density at radius 3 is 2.94 bits per heavy atom. The minimum Gasteiger partial charge on any atom is -0.356 e. The molecule has 3 fully saturated rings. The standard InChI is InChI=1S/C13H20N2O2/c1-7(2)8-3-4-13-11(17-13)9(16)5-10(14)12(13,15)6-8/h8,10-11H,1,3-6,14-15H2,2H3/t8-,10-,11?,12-,13?/m1/s1. The molecule has 0 aromatic rings. The van der Waals surface area contributed by atoms with Crippen molar-refractivity contribution in [2.75, 3.05) is 0 Å². The van der Waals surface area contributed by atoms with Gasteiger partial charge < -0.3 is 16.2 Å². The zero-order valence-corrected chi connectivity index (χ0v) is 10.2. The van der Waals surface area contributed by atoms with Crippen molar-refractivity contribution in [3.8, 4) is 0 Å². The van der Waals surface area contributed by atoms with Gasteiger partial charge in [0.15, 0.2) is 5.78 Å². The molecule has 4 N–H and O–H groups in total. The Hall–Kier alpha value is -0.710. The van der Waals surface area contributed by atoms with Crippen molar-refractivity contribution < 1.29 is 9.53 Å². The van der Waals surface area contributed by atoms with Crippen LogP contribution in [0.15, 0.2) is 12.2 Å². The Bertz CT molecular complexity index is 408. The first-order valence-corrected chi connectivity index (χ1v) is 6.31. The van der Waals surface area contributed by atoms with Gasteiger partial charge in [0.25, 0.3) is 0 Å². The molecule has 5 atom stereocenters. The van der Waals surface area contributed by atoms with E-state index in [1.165, 1.54) is 0 Å². The van der Waals surface area contributed by atoms with Crippen molar-refractivity contribution in [3.05, 3.63) is 12.2 Å². The van der Waals surface area contributed by atoms with E-state index in [1.807, 2.05) is 6.92 Å². The number of hydrogen-bond donors (Lipinski definition) is 2. The monoisotopic (exact) mass is 236 g/mol. The molecule has 0 aromatic heterocycles. The van der Waals surface area contributed by atoms with E-state index >= 15 is 0 Å². The van der Waals surface area contributed by atoms with Crippen LogP contribution in [0.2, 0.25) is 0 Å². The molecule has 17 heavy (non-hydrogen) atoms. The van der Waals surface area contributed by atoms with Crippen LogP contribution in [0.1, 0.15) is 32.6 Å². The molecule has 3 aliphatic rings. The van der Waals surface area contributed by atoms with E-state index in [4.69, 9.17) is 16.2 Å². The van der Waals surface area contributed by atoms with Gasteiger partial charge in [0.2, 0.25) is 0 Å². The van der Waals surface area contributed by atoms with Crippen molar-refractivity contribution in [1.82, 2.24) is 0 Å². The average Bonchev–Trinajstić information content (AvgIpc) is 2.98. The Labute approximate surface area is 101 Å². The molecule has 1 saturated heterocycles. The van der Waals surface area contributed by atoms with Crippen LogP contribution in [-0.4, -0.2) is 29.1 Å². The number of allylic oxidation sites excluding steroid dienone is 1. The summed E-state index contributed by atoms with van der Waals surface area (Å²) < 4.78 is 5.70. The van der Waals surface area contributed by atoms with Crippen LogP contribution in [0.3, 0.4) is 0 Å². The van der Waals surface area contributed by atoms with E-state index in [2.05, 4.69) is 6.58 Å². The number of rotatable bonds is 1. The molecule has 0 aromatic carbocycles. The number of nitrogens with two attached hydrogens (primary N) is 2. The highest BCUT2D eigenvalue weighted by molar-refractivity contribution is 5.90. The van der Waals surface area contributed by atoms with Crippen molar-refractivity contribution in [1.29, 1.82) is 0 Å². The summed E-state index contributed by atoms with van der Waals surface area (Å²) in [5.41, 5.74) is 12.8. The van der Waals surface area contributed by atoms with Crippen LogP contribution < -0.4 is 11.5 Å². The molecule has 2 saturated carbocycles. The van der Waals surface area contributed by atoms with Gasteiger partial charge in [-0.1, -0.05) is 12.2 Å². The summed E-state index contributed by atoms with van der Waals surface area (Å²) in [6.45, 7) is 6.06. The van der Waals surface area contributed by atoms with Crippen LogP contribution in [0.5, 0.6) is 0 Å². The lowest BCUT2D eigenvalue weighted by Gasteiger charge is -2.48. The highest BCUT2D eigenvalue weighted by Crippen LogP contribution is 2.59. The second-order valence-electron chi connectivity index (χ2n) is 5.99.